The summed E-state index contributed by atoms with van der Waals surface area (Å²) in [6.45, 7) is 16.0. The molecule has 0 aliphatic carbocycles. The van der Waals surface area contributed by atoms with Crippen molar-refractivity contribution in [1.29, 1.82) is 0 Å². The summed E-state index contributed by atoms with van der Waals surface area (Å²) in [6, 6.07) is 10.3. The molecule has 0 aliphatic heterocycles. The summed E-state index contributed by atoms with van der Waals surface area (Å²) in [5.41, 5.74) is 1.21. The van der Waals surface area contributed by atoms with Gasteiger partial charge in [0.05, 0.1) is 19.8 Å². The van der Waals surface area contributed by atoms with Crippen LogP contribution in [0.3, 0.4) is 0 Å². The normalized spacial score (nSPS) is 12.2. The molecule has 1 rings (SSSR count). The highest BCUT2D eigenvalue weighted by Crippen LogP contribution is 2.20. The molecule has 0 saturated heterocycles. The topological polar surface area (TPSA) is 97.8 Å². The van der Waals surface area contributed by atoms with Gasteiger partial charge >= 0.3 is 12.1 Å². The fourth-order valence-corrected chi connectivity index (χ4v) is 6.65. The van der Waals surface area contributed by atoms with Crippen LogP contribution in [-0.2, 0) is 30.3 Å². The number of hydrogen-bond acceptors (Lipinski definition) is 9. The zero-order valence-electron chi connectivity index (χ0n) is 34.5. The van der Waals surface area contributed by atoms with Gasteiger partial charge in [0.25, 0.3) is 0 Å². The Morgan fingerprint density at radius 3 is 1.96 bits per heavy atom. The predicted molar refractivity (Wildman–Crippen MR) is 217 cm³/mol. The predicted octanol–water partition coefficient (Wildman–Crippen LogP) is 9.97. The van der Waals surface area contributed by atoms with E-state index in [1.165, 1.54) is 44.1 Å². The van der Waals surface area contributed by atoms with E-state index < -0.39 is 6.16 Å². The maximum atomic E-state index is 12.7. The monoisotopic (exact) mass is 749 g/mol. The molecule has 0 amide bonds. The fraction of sp³-hybridized carbons (Fsp3) is 0.818. The van der Waals surface area contributed by atoms with Crippen molar-refractivity contribution < 1.29 is 33.6 Å². The van der Waals surface area contributed by atoms with E-state index in [4.69, 9.17) is 18.9 Å². The molecule has 0 aliphatic rings. The largest absolute Gasteiger partial charge is 0.508 e. The van der Waals surface area contributed by atoms with Crippen LogP contribution in [0.15, 0.2) is 30.3 Å². The molecule has 9 nitrogen and oxygen atoms in total. The zero-order valence-corrected chi connectivity index (χ0v) is 34.5. The van der Waals surface area contributed by atoms with E-state index in [0.29, 0.717) is 51.5 Å². The summed E-state index contributed by atoms with van der Waals surface area (Å²) < 4.78 is 22.8. The Morgan fingerprint density at radius 2 is 1.28 bits per heavy atom. The number of carbonyl (C=O) groups excluding carboxylic acids is 2. The standard InChI is InChI=1S/C44H80N2O7/c1-5-9-12-18-27-42(28-21-29-43(48)52-39-41(23-14-10-6-2)24-15-11-7-3)53-44(49)51-37-34-46(33-35-47)32-22-31-45(8-4)30-19-20-36-50-38-40-25-16-13-17-26-40/h13,16-17,25-26,41-42,47H,5-12,14-15,18-24,27-39H2,1-4H3. The number of unbranched alkanes of at least 4 members (excludes halogenated alkanes) is 8. The SMILES string of the molecule is CCCCCCC(CCCC(=O)OCC(CCCCC)CCCCC)OC(=O)OCCN(CCO)CCCN(CC)CCCCOCc1ccccc1. The van der Waals surface area contributed by atoms with Crippen molar-refractivity contribution in [3.05, 3.63) is 35.9 Å². The minimum absolute atomic E-state index is 0.0611. The van der Waals surface area contributed by atoms with Gasteiger partial charge in [-0.25, -0.2) is 4.79 Å². The average Bonchev–Trinajstić information content (AvgIpc) is 3.16. The van der Waals surface area contributed by atoms with Gasteiger partial charge < -0.3 is 29.0 Å². The number of aliphatic hydroxyl groups is 1. The van der Waals surface area contributed by atoms with E-state index in [2.05, 4.69) is 49.6 Å². The van der Waals surface area contributed by atoms with Gasteiger partial charge in [0.15, 0.2) is 0 Å². The maximum Gasteiger partial charge on any atom is 0.508 e. The third kappa shape index (κ3) is 28.9. The third-order valence-corrected chi connectivity index (χ3v) is 10.0. The zero-order chi connectivity index (χ0) is 38.6. The van der Waals surface area contributed by atoms with Crippen LogP contribution >= 0.6 is 0 Å². The van der Waals surface area contributed by atoms with Gasteiger partial charge in [-0.3, -0.25) is 9.69 Å². The molecular formula is C44H80N2O7. The summed E-state index contributed by atoms with van der Waals surface area (Å²) in [7, 11) is 0. The molecule has 0 heterocycles. The van der Waals surface area contributed by atoms with Gasteiger partial charge in [0.2, 0.25) is 0 Å². The van der Waals surface area contributed by atoms with Gasteiger partial charge in [-0.1, -0.05) is 116 Å². The second-order valence-corrected chi connectivity index (χ2v) is 14.7. The van der Waals surface area contributed by atoms with Crippen LogP contribution in [0.25, 0.3) is 0 Å². The Kier molecular flexibility index (Phi) is 32.7. The number of ether oxygens (including phenoxy) is 4. The Labute approximate surface area is 324 Å². The second kappa shape index (κ2) is 35.5. The molecule has 1 aromatic carbocycles. The lowest BCUT2D eigenvalue weighted by molar-refractivity contribution is -0.145. The lowest BCUT2D eigenvalue weighted by Gasteiger charge is -2.24. The number of carbonyl (C=O) groups is 2. The molecule has 0 bridgehead atoms. The number of hydrogen-bond donors (Lipinski definition) is 1. The van der Waals surface area contributed by atoms with Crippen LogP contribution in [0, 0.1) is 5.92 Å². The molecule has 1 aromatic rings. The molecular weight excluding hydrogens is 668 g/mol. The van der Waals surface area contributed by atoms with Crippen LogP contribution in [0.1, 0.15) is 155 Å². The van der Waals surface area contributed by atoms with Gasteiger partial charge in [0.1, 0.15) is 12.7 Å². The van der Waals surface area contributed by atoms with Crippen LogP contribution in [0.4, 0.5) is 4.79 Å². The number of benzene rings is 1. The minimum Gasteiger partial charge on any atom is -0.465 e. The molecule has 0 saturated carbocycles. The molecule has 0 radical (unpaired) electrons. The quantitative estimate of drug-likeness (QED) is 0.0527. The van der Waals surface area contributed by atoms with Gasteiger partial charge in [-0.15, -0.1) is 0 Å². The lowest BCUT2D eigenvalue weighted by atomic mass is 9.96. The molecule has 0 spiro atoms. The van der Waals surface area contributed by atoms with Crippen molar-refractivity contribution in [2.45, 2.75) is 162 Å². The average molecular weight is 749 g/mol. The fourth-order valence-electron chi connectivity index (χ4n) is 6.65. The maximum absolute atomic E-state index is 12.7. The number of rotatable bonds is 37. The van der Waals surface area contributed by atoms with Crippen molar-refractivity contribution in [2.75, 3.05) is 65.7 Å². The summed E-state index contributed by atoms with van der Waals surface area (Å²) in [5.74, 6) is 0.302. The van der Waals surface area contributed by atoms with Gasteiger partial charge in [-0.05, 0) is 95.4 Å². The Hall–Kier alpha value is -2.20. The lowest BCUT2D eigenvalue weighted by Crippen LogP contribution is -2.35. The molecule has 1 N–H and O–H groups in total. The summed E-state index contributed by atoms with van der Waals surface area (Å²) in [5, 5.41) is 9.64. The molecule has 53 heavy (non-hydrogen) atoms. The van der Waals surface area contributed by atoms with E-state index in [1.54, 1.807) is 0 Å². The molecule has 308 valence electrons. The second-order valence-electron chi connectivity index (χ2n) is 14.7. The first-order valence-electron chi connectivity index (χ1n) is 21.6. The summed E-state index contributed by atoms with van der Waals surface area (Å²) in [6.07, 6.45) is 18.4. The summed E-state index contributed by atoms with van der Waals surface area (Å²) in [4.78, 5) is 30.0. The Morgan fingerprint density at radius 1 is 0.642 bits per heavy atom. The van der Waals surface area contributed by atoms with Gasteiger partial charge in [-0.2, -0.15) is 0 Å². The Balaban J connectivity index is 2.39. The highest BCUT2D eigenvalue weighted by molar-refractivity contribution is 5.69. The van der Waals surface area contributed by atoms with Crippen molar-refractivity contribution in [3.8, 4) is 0 Å². The van der Waals surface area contributed by atoms with Crippen LogP contribution in [0.2, 0.25) is 0 Å². The third-order valence-electron chi connectivity index (χ3n) is 10.0. The van der Waals surface area contributed by atoms with Crippen molar-refractivity contribution in [1.82, 2.24) is 9.80 Å². The smallest absolute Gasteiger partial charge is 0.465 e. The molecule has 9 heteroatoms. The van der Waals surface area contributed by atoms with Crippen LogP contribution in [0.5, 0.6) is 0 Å². The highest BCUT2D eigenvalue weighted by atomic mass is 16.7. The van der Waals surface area contributed by atoms with Gasteiger partial charge in [0, 0.05) is 26.1 Å². The van der Waals surface area contributed by atoms with E-state index >= 15 is 0 Å². The first kappa shape index (κ1) is 48.8. The molecule has 0 fully saturated rings. The van der Waals surface area contributed by atoms with E-state index in [9.17, 15) is 14.7 Å². The van der Waals surface area contributed by atoms with Crippen LogP contribution < -0.4 is 0 Å². The van der Waals surface area contributed by atoms with E-state index in [0.717, 1.165) is 97.0 Å². The molecule has 1 unspecified atom stereocenters. The minimum atomic E-state index is -0.649. The molecule has 1 atom stereocenters. The van der Waals surface area contributed by atoms with E-state index in [1.807, 2.05) is 18.2 Å². The summed E-state index contributed by atoms with van der Waals surface area (Å²) >= 11 is 0. The Bertz CT molecular complexity index is 956. The van der Waals surface area contributed by atoms with Crippen molar-refractivity contribution in [2.24, 2.45) is 5.92 Å². The number of esters is 1. The van der Waals surface area contributed by atoms with Crippen molar-refractivity contribution in [3.63, 3.8) is 0 Å². The van der Waals surface area contributed by atoms with Crippen molar-refractivity contribution >= 4 is 12.1 Å². The molecule has 0 aromatic heterocycles. The number of aliphatic hydroxyl groups excluding tert-OH is 1. The van der Waals surface area contributed by atoms with E-state index in [-0.39, 0.29) is 25.3 Å². The first-order valence-corrected chi connectivity index (χ1v) is 21.6. The first-order chi connectivity index (χ1) is 25.9. The highest BCUT2D eigenvalue weighted by Gasteiger charge is 2.18. The van der Waals surface area contributed by atoms with Crippen LogP contribution in [-0.4, -0.2) is 98.8 Å². The number of nitrogens with zero attached hydrogens (tertiary/aromatic N) is 2.